The molecule has 1 aromatic carbocycles. The van der Waals surface area contributed by atoms with E-state index in [0.717, 1.165) is 12.1 Å². The van der Waals surface area contributed by atoms with Crippen molar-refractivity contribution in [1.82, 2.24) is 9.55 Å². The molecule has 7 heteroatoms. The van der Waals surface area contributed by atoms with E-state index in [1.807, 2.05) is 0 Å². The molecule has 5 nitrogen and oxygen atoms in total. The van der Waals surface area contributed by atoms with Gasteiger partial charge in [-0.1, -0.05) is 0 Å². The van der Waals surface area contributed by atoms with Crippen LogP contribution in [0.2, 0.25) is 0 Å². The summed E-state index contributed by atoms with van der Waals surface area (Å²) in [6.45, 7) is 0.0303. The van der Waals surface area contributed by atoms with Gasteiger partial charge in [0.2, 0.25) is 5.79 Å². The lowest BCUT2D eigenvalue weighted by Gasteiger charge is -2.29. The fraction of sp³-hybridized carbons (Fsp3) is 0.357. The van der Waals surface area contributed by atoms with E-state index in [1.165, 1.54) is 6.07 Å². The maximum absolute atomic E-state index is 14.1. The van der Waals surface area contributed by atoms with Gasteiger partial charge >= 0.3 is 0 Å². The third kappa shape index (κ3) is 2.67. The summed E-state index contributed by atoms with van der Waals surface area (Å²) in [6, 6.07) is 3.22. The number of ether oxygens (including phenoxy) is 2. The van der Waals surface area contributed by atoms with Gasteiger partial charge in [-0.3, -0.25) is 0 Å². The molecule has 3 rings (SSSR count). The quantitative estimate of drug-likeness (QED) is 0.927. The molecule has 1 saturated heterocycles. The summed E-state index contributed by atoms with van der Waals surface area (Å²) in [5, 5.41) is 9.21. The van der Waals surface area contributed by atoms with E-state index in [0.29, 0.717) is 0 Å². The van der Waals surface area contributed by atoms with E-state index in [4.69, 9.17) is 9.47 Å². The van der Waals surface area contributed by atoms with Crippen LogP contribution in [0.5, 0.6) is 0 Å². The van der Waals surface area contributed by atoms with E-state index >= 15 is 0 Å². The zero-order valence-electron chi connectivity index (χ0n) is 11.1. The van der Waals surface area contributed by atoms with E-state index < -0.39 is 23.5 Å². The first kappa shape index (κ1) is 14.1. The van der Waals surface area contributed by atoms with E-state index in [-0.39, 0.29) is 25.3 Å². The molecule has 0 amide bonds. The van der Waals surface area contributed by atoms with Crippen molar-refractivity contribution < 1.29 is 23.4 Å². The van der Waals surface area contributed by atoms with Crippen molar-refractivity contribution in [3.8, 4) is 0 Å². The van der Waals surface area contributed by atoms with Gasteiger partial charge in [0.15, 0.2) is 0 Å². The number of nitrogens with zero attached hydrogens (tertiary/aromatic N) is 2. The summed E-state index contributed by atoms with van der Waals surface area (Å²) < 4.78 is 40.2. The topological polar surface area (TPSA) is 56.5 Å². The minimum Gasteiger partial charge on any atom is -0.394 e. The molecule has 0 aliphatic carbocycles. The zero-order chi connectivity index (χ0) is 14.9. The van der Waals surface area contributed by atoms with Crippen molar-refractivity contribution >= 4 is 0 Å². The number of halogens is 2. The van der Waals surface area contributed by atoms with Gasteiger partial charge in [-0.2, -0.15) is 0 Å². The molecule has 2 heterocycles. The predicted octanol–water partition coefficient (Wildman–Crippen LogP) is 1.42. The molecular formula is C14H14F2N2O3. The van der Waals surface area contributed by atoms with Crippen LogP contribution < -0.4 is 0 Å². The standard InChI is InChI=1S/C14H14F2N2O3/c15-10-1-2-12(13(16)5-10)14(8-18-4-3-17-9-18)20-7-11(6-19)21-14/h1-5,9,11,19H,6-8H2/t11-,14+/m1/s1. The predicted molar refractivity (Wildman–Crippen MR) is 68.2 cm³/mol. The lowest BCUT2D eigenvalue weighted by Crippen LogP contribution is -2.34. The van der Waals surface area contributed by atoms with Crippen molar-refractivity contribution in [3.63, 3.8) is 0 Å². The van der Waals surface area contributed by atoms with Crippen LogP contribution in [0.15, 0.2) is 36.9 Å². The summed E-state index contributed by atoms with van der Waals surface area (Å²) in [4.78, 5) is 3.91. The molecule has 0 unspecified atom stereocenters. The fourth-order valence-electron chi connectivity index (χ4n) is 2.38. The van der Waals surface area contributed by atoms with Crippen molar-refractivity contribution in [1.29, 1.82) is 0 Å². The van der Waals surface area contributed by atoms with Gasteiger partial charge in [-0.05, 0) is 12.1 Å². The first-order valence-electron chi connectivity index (χ1n) is 6.47. The Labute approximate surface area is 119 Å². The fourth-order valence-corrected chi connectivity index (χ4v) is 2.38. The molecule has 1 N–H and O–H groups in total. The first-order valence-corrected chi connectivity index (χ1v) is 6.47. The summed E-state index contributed by atoms with van der Waals surface area (Å²) in [6.07, 6.45) is 4.25. The highest BCUT2D eigenvalue weighted by Crippen LogP contribution is 2.37. The highest BCUT2D eigenvalue weighted by molar-refractivity contribution is 5.24. The lowest BCUT2D eigenvalue weighted by atomic mass is 10.0. The number of hydrogen-bond acceptors (Lipinski definition) is 4. The van der Waals surface area contributed by atoms with Gasteiger partial charge in [0.05, 0.1) is 26.1 Å². The number of hydrogen-bond donors (Lipinski definition) is 1. The number of aliphatic hydroxyl groups excluding tert-OH is 1. The van der Waals surface area contributed by atoms with E-state index in [1.54, 1.807) is 23.3 Å². The van der Waals surface area contributed by atoms with Crippen LogP contribution in [0.1, 0.15) is 5.56 Å². The normalized spacial score (nSPS) is 25.4. The van der Waals surface area contributed by atoms with Gasteiger partial charge in [-0.15, -0.1) is 0 Å². The Bertz CT molecular complexity index is 621. The number of aliphatic hydroxyl groups is 1. The molecule has 1 aromatic heterocycles. The first-order chi connectivity index (χ1) is 10.1. The van der Waals surface area contributed by atoms with Crippen LogP contribution >= 0.6 is 0 Å². The Morgan fingerprint density at radius 1 is 1.43 bits per heavy atom. The lowest BCUT2D eigenvalue weighted by molar-refractivity contribution is -0.191. The number of rotatable bonds is 4. The highest BCUT2D eigenvalue weighted by atomic mass is 19.1. The van der Waals surface area contributed by atoms with Crippen LogP contribution in [0.25, 0.3) is 0 Å². The van der Waals surface area contributed by atoms with Crippen LogP contribution in [0, 0.1) is 11.6 Å². The van der Waals surface area contributed by atoms with Crippen LogP contribution in [-0.4, -0.2) is 34.0 Å². The second kappa shape index (κ2) is 5.51. The van der Waals surface area contributed by atoms with Crippen molar-refractivity contribution in [2.24, 2.45) is 0 Å². The molecule has 1 fully saturated rings. The Hall–Kier alpha value is -1.83. The van der Waals surface area contributed by atoms with Crippen molar-refractivity contribution in [2.45, 2.75) is 18.4 Å². The summed E-state index contributed by atoms with van der Waals surface area (Å²) in [5.74, 6) is -2.84. The van der Waals surface area contributed by atoms with E-state index in [2.05, 4.69) is 4.98 Å². The van der Waals surface area contributed by atoms with Gasteiger partial charge in [0.1, 0.15) is 17.7 Å². The maximum Gasteiger partial charge on any atom is 0.216 e. The van der Waals surface area contributed by atoms with Crippen LogP contribution in [-0.2, 0) is 21.8 Å². The Balaban J connectivity index is 1.99. The molecule has 2 atom stereocenters. The number of benzene rings is 1. The average Bonchev–Trinajstić information content (AvgIpc) is 3.09. The third-order valence-electron chi connectivity index (χ3n) is 3.35. The molecule has 21 heavy (non-hydrogen) atoms. The van der Waals surface area contributed by atoms with Crippen LogP contribution in [0.4, 0.5) is 8.78 Å². The molecule has 2 aromatic rings. The molecule has 0 radical (unpaired) electrons. The molecular weight excluding hydrogens is 282 g/mol. The average molecular weight is 296 g/mol. The van der Waals surface area contributed by atoms with Gasteiger partial charge in [0, 0.05) is 24.0 Å². The zero-order valence-corrected chi connectivity index (χ0v) is 11.1. The molecule has 1 aliphatic rings. The van der Waals surface area contributed by atoms with Crippen molar-refractivity contribution in [2.75, 3.05) is 13.2 Å². The summed E-state index contributed by atoms with van der Waals surface area (Å²) >= 11 is 0. The Morgan fingerprint density at radius 2 is 2.29 bits per heavy atom. The second-order valence-corrected chi connectivity index (χ2v) is 4.85. The molecule has 0 bridgehead atoms. The van der Waals surface area contributed by atoms with Gasteiger partial charge < -0.3 is 19.1 Å². The molecule has 112 valence electrons. The largest absolute Gasteiger partial charge is 0.394 e. The molecule has 0 spiro atoms. The highest BCUT2D eigenvalue weighted by Gasteiger charge is 2.45. The number of aromatic nitrogens is 2. The van der Waals surface area contributed by atoms with Crippen LogP contribution in [0.3, 0.4) is 0 Å². The molecule has 1 aliphatic heterocycles. The second-order valence-electron chi connectivity index (χ2n) is 4.85. The van der Waals surface area contributed by atoms with Gasteiger partial charge in [0.25, 0.3) is 0 Å². The third-order valence-corrected chi connectivity index (χ3v) is 3.35. The Kier molecular flexibility index (Phi) is 3.71. The minimum absolute atomic E-state index is 0.0913. The summed E-state index contributed by atoms with van der Waals surface area (Å²) in [7, 11) is 0. The van der Waals surface area contributed by atoms with E-state index in [9.17, 15) is 13.9 Å². The van der Waals surface area contributed by atoms with Gasteiger partial charge in [-0.25, -0.2) is 13.8 Å². The SMILES string of the molecule is OC[C@@H]1CO[C@](Cn2ccnc2)(c2ccc(F)cc2F)O1. The maximum atomic E-state index is 14.1. The minimum atomic E-state index is -1.41. The Morgan fingerprint density at radius 3 is 2.90 bits per heavy atom. The van der Waals surface area contributed by atoms with Crippen molar-refractivity contribution in [3.05, 3.63) is 54.1 Å². The monoisotopic (exact) mass is 296 g/mol. The molecule has 0 saturated carbocycles. The number of imidazole rings is 1. The smallest absolute Gasteiger partial charge is 0.216 e. The summed E-state index contributed by atoms with van der Waals surface area (Å²) in [5.41, 5.74) is 0.0913.